The molecule has 0 spiro atoms. The van der Waals surface area contributed by atoms with Crippen molar-refractivity contribution in [1.82, 2.24) is 0 Å². The van der Waals surface area contributed by atoms with Crippen LogP contribution in [0.15, 0.2) is 42.5 Å². The van der Waals surface area contributed by atoms with Gasteiger partial charge in [0, 0.05) is 37.9 Å². The van der Waals surface area contributed by atoms with Crippen LogP contribution >= 0.6 is 0 Å². The summed E-state index contributed by atoms with van der Waals surface area (Å²) in [4.78, 5) is 15.8. The molecule has 0 saturated carbocycles. The smallest absolute Gasteiger partial charge is 0.292 e. The van der Waals surface area contributed by atoms with Crippen molar-refractivity contribution in [2.45, 2.75) is 32.2 Å². The first-order valence-electron chi connectivity index (χ1n) is 9.07. The number of piperidine rings is 1. The SMILES string of the molecule is O=[N+]([O-])c1ccc(N2CCCCC2)cc1N1CCc2ccccc2C1. The van der Waals surface area contributed by atoms with Gasteiger partial charge in [-0.1, -0.05) is 24.3 Å². The zero-order valence-corrected chi connectivity index (χ0v) is 14.4. The van der Waals surface area contributed by atoms with Crippen molar-refractivity contribution in [1.29, 1.82) is 0 Å². The van der Waals surface area contributed by atoms with Crippen LogP contribution in [0.2, 0.25) is 0 Å². The lowest BCUT2D eigenvalue weighted by molar-refractivity contribution is -0.384. The maximum absolute atomic E-state index is 11.6. The number of hydrogen-bond donors (Lipinski definition) is 0. The standard InChI is InChI=1S/C20H23N3O2/c24-23(25)19-9-8-18(21-11-4-1-5-12-21)14-20(19)22-13-10-16-6-2-3-7-17(16)15-22/h2-3,6-9,14H,1,4-5,10-13,15H2. The van der Waals surface area contributed by atoms with Crippen molar-refractivity contribution < 1.29 is 4.92 Å². The van der Waals surface area contributed by atoms with E-state index >= 15 is 0 Å². The van der Waals surface area contributed by atoms with Gasteiger partial charge in [-0.15, -0.1) is 0 Å². The fourth-order valence-corrected chi connectivity index (χ4v) is 3.97. The van der Waals surface area contributed by atoms with Crippen LogP contribution in [-0.2, 0) is 13.0 Å². The predicted octanol–water partition coefficient (Wildman–Crippen LogP) is 4.15. The molecule has 1 fully saturated rings. The topological polar surface area (TPSA) is 49.6 Å². The Morgan fingerprint density at radius 1 is 0.880 bits per heavy atom. The van der Waals surface area contributed by atoms with Crippen LogP contribution in [0.1, 0.15) is 30.4 Å². The minimum atomic E-state index is -0.254. The molecule has 0 radical (unpaired) electrons. The number of fused-ring (bicyclic) bond motifs is 1. The molecule has 2 aliphatic rings. The van der Waals surface area contributed by atoms with E-state index in [-0.39, 0.29) is 10.6 Å². The Morgan fingerprint density at radius 2 is 1.64 bits per heavy atom. The molecule has 4 rings (SSSR count). The highest BCUT2D eigenvalue weighted by molar-refractivity contribution is 5.71. The monoisotopic (exact) mass is 337 g/mol. The fraction of sp³-hybridized carbons (Fsp3) is 0.400. The van der Waals surface area contributed by atoms with Gasteiger partial charge in [0.2, 0.25) is 0 Å². The van der Waals surface area contributed by atoms with Gasteiger partial charge in [0.15, 0.2) is 0 Å². The molecule has 0 amide bonds. The van der Waals surface area contributed by atoms with Crippen LogP contribution in [0.4, 0.5) is 17.1 Å². The van der Waals surface area contributed by atoms with Gasteiger partial charge in [0.05, 0.1) is 4.92 Å². The average Bonchev–Trinajstić information content (AvgIpc) is 2.67. The van der Waals surface area contributed by atoms with Crippen LogP contribution in [-0.4, -0.2) is 24.6 Å². The zero-order valence-electron chi connectivity index (χ0n) is 14.4. The summed E-state index contributed by atoms with van der Waals surface area (Å²) in [6.45, 7) is 3.64. The molecule has 2 aromatic rings. The summed E-state index contributed by atoms with van der Waals surface area (Å²) in [7, 11) is 0. The third kappa shape index (κ3) is 3.18. The number of nitrogens with zero attached hydrogens (tertiary/aromatic N) is 3. The van der Waals surface area contributed by atoms with Crippen molar-refractivity contribution in [2.24, 2.45) is 0 Å². The minimum absolute atomic E-state index is 0.208. The van der Waals surface area contributed by atoms with E-state index in [0.29, 0.717) is 0 Å². The van der Waals surface area contributed by atoms with E-state index in [4.69, 9.17) is 0 Å². The molecule has 0 atom stereocenters. The van der Waals surface area contributed by atoms with Gasteiger partial charge >= 0.3 is 0 Å². The Hall–Kier alpha value is -2.56. The summed E-state index contributed by atoms with van der Waals surface area (Å²) < 4.78 is 0. The van der Waals surface area contributed by atoms with Gasteiger partial charge in [-0.25, -0.2) is 0 Å². The predicted molar refractivity (Wildman–Crippen MR) is 100 cm³/mol. The molecular formula is C20H23N3O2. The Bertz CT molecular complexity index is 784. The normalized spacial score (nSPS) is 17.3. The molecule has 0 bridgehead atoms. The van der Waals surface area contributed by atoms with E-state index in [1.807, 2.05) is 18.2 Å². The molecule has 130 valence electrons. The first kappa shape index (κ1) is 15.9. The number of hydrogen-bond acceptors (Lipinski definition) is 4. The zero-order chi connectivity index (χ0) is 17.2. The van der Waals surface area contributed by atoms with Crippen molar-refractivity contribution in [2.75, 3.05) is 29.4 Å². The molecule has 0 unspecified atom stereocenters. The Morgan fingerprint density at radius 3 is 2.40 bits per heavy atom. The highest BCUT2D eigenvalue weighted by Crippen LogP contribution is 2.36. The van der Waals surface area contributed by atoms with Crippen LogP contribution in [0, 0.1) is 10.1 Å². The Balaban J connectivity index is 1.68. The molecule has 5 nitrogen and oxygen atoms in total. The van der Waals surface area contributed by atoms with Gasteiger partial charge in [-0.3, -0.25) is 10.1 Å². The van der Waals surface area contributed by atoms with Crippen LogP contribution in [0.3, 0.4) is 0 Å². The van der Waals surface area contributed by atoms with E-state index in [1.165, 1.54) is 30.4 Å². The van der Waals surface area contributed by atoms with E-state index < -0.39 is 0 Å². The molecule has 2 aliphatic heterocycles. The second-order valence-corrected chi connectivity index (χ2v) is 6.92. The maximum Gasteiger partial charge on any atom is 0.292 e. The molecule has 0 aliphatic carbocycles. The summed E-state index contributed by atoms with van der Waals surface area (Å²) in [5.74, 6) is 0. The summed E-state index contributed by atoms with van der Waals surface area (Å²) >= 11 is 0. The maximum atomic E-state index is 11.6. The minimum Gasteiger partial charge on any atom is -0.371 e. The molecule has 25 heavy (non-hydrogen) atoms. The van der Waals surface area contributed by atoms with Gasteiger partial charge in [0.25, 0.3) is 5.69 Å². The molecule has 0 N–H and O–H groups in total. The average molecular weight is 337 g/mol. The Kier molecular flexibility index (Phi) is 4.30. The fourth-order valence-electron chi connectivity index (χ4n) is 3.97. The van der Waals surface area contributed by atoms with Gasteiger partial charge in [-0.05, 0) is 48.9 Å². The van der Waals surface area contributed by atoms with Crippen molar-refractivity contribution >= 4 is 17.1 Å². The van der Waals surface area contributed by atoms with Crippen molar-refractivity contribution in [3.63, 3.8) is 0 Å². The van der Waals surface area contributed by atoms with Crippen LogP contribution in [0.5, 0.6) is 0 Å². The molecule has 5 heteroatoms. The number of rotatable bonds is 3. The number of anilines is 2. The van der Waals surface area contributed by atoms with E-state index in [0.717, 1.165) is 44.0 Å². The highest BCUT2D eigenvalue weighted by atomic mass is 16.6. The summed E-state index contributed by atoms with van der Waals surface area (Å²) in [5.41, 5.74) is 4.70. The summed E-state index contributed by atoms with van der Waals surface area (Å²) in [5, 5.41) is 11.6. The second-order valence-electron chi connectivity index (χ2n) is 6.92. The van der Waals surface area contributed by atoms with Gasteiger partial charge in [-0.2, -0.15) is 0 Å². The molecule has 2 heterocycles. The second kappa shape index (κ2) is 6.75. The number of nitro groups is 1. The van der Waals surface area contributed by atoms with Gasteiger partial charge < -0.3 is 9.80 Å². The number of benzene rings is 2. The van der Waals surface area contributed by atoms with Crippen LogP contribution < -0.4 is 9.80 Å². The van der Waals surface area contributed by atoms with Crippen molar-refractivity contribution in [3.05, 3.63) is 63.7 Å². The van der Waals surface area contributed by atoms with E-state index in [9.17, 15) is 10.1 Å². The molecular weight excluding hydrogens is 314 g/mol. The lowest BCUT2D eigenvalue weighted by atomic mass is 9.99. The first-order chi connectivity index (χ1) is 12.2. The number of nitro benzene ring substituents is 1. The largest absolute Gasteiger partial charge is 0.371 e. The third-order valence-electron chi connectivity index (χ3n) is 5.35. The first-order valence-corrected chi connectivity index (χ1v) is 9.07. The van der Waals surface area contributed by atoms with E-state index in [2.05, 4.69) is 28.0 Å². The van der Waals surface area contributed by atoms with Gasteiger partial charge in [0.1, 0.15) is 5.69 Å². The van der Waals surface area contributed by atoms with Crippen molar-refractivity contribution in [3.8, 4) is 0 Å². The molecule has 2 aromatic carbocycles. The quantitative estimate of drug-likeness (QED) is 0.624. The summed E-state index contributed by atoms with van der Waals surface area (Å²) in [6, 6.07) is 14.0. The van der Waals surface area contributed by atoms with Crippen LogP contribution in [0.25, 0.3) is 0 Å². The Labute approximate surface area is 148 Å². The third-order valence-corrected chi connectivity index (χ3v) is 5.35. The lowest BCUT2D eigenvalue weighted by Crippen LogP contribution is -2.32. The summed E-state index contributed by atoms with van der Waals surface area (Å²) in [6.07, 6.45) is 4.60. The molecule has 0 aromatic heterocycles. The molecule has 1 saturated heterocycles. The van der Waals surface area contributed by atoms with E-state index in [1.54, 1.807) is 6.07 Å². The lowest BCUT2D eigenvalue weighted by Gasteiger charge is -2.33. The highest BCUT2D eigenvalue weighted by Gasteiger charge is 2.25.